The fraction of sp³-hybridized carbons (Fsp3) is 0.300. The van der Waals surface area contributed by atoms with E-state index in [0.717, 1.165) is 48.3 Å². The highest BCUT2D eigenvalue weighted by molar-refractivity contribution is 5.91. The van der Waals surface area contributed by atoms with Crippen molar-refractivity contribution >= 4 is 11.5 Å². The SMILES string of the molecule is Cc1cc(-c2cnn3cc(C4CCOCC4)ccc23)ccc1C(=O)O. The number of rotatable bonds is 3. The van der Waals surface area contributed by atoms with Crippen molar-refractivity contribution in [2.75, 3.05) is 13.2 Å². The van der Waals surface area contributed by atoms with Crippen molar-refractivity contribution in [3.05, 3.63) is 59.4 Å². The van der Waals surface area contributed by atoms with Crippen LogP contribution in [0.15, 0.2) is 42.7 Å². The zero-order chi connectivity index (χ0) is 17.4. The molecule has 0 atom stereocenters. The zero-order valence-electron chi connectivity index (χ0n) is 14.1. The highest BCUT2D eigenvalue weighted by Crippen LogP contribution is 2.30. The number of pyridine rings is 1. The second-order valence-corrected chi connectivity index (χ2v) is 6.57. The first-order valence-electron chi connectivity index (χ1n) is 8.53. The molecular formula is C20H20N2O3. The Morgan fingerprint density at radius 2 is 2.04 bits per heavy atom. The van der Waals surface area contributed by atoms with Crippen molar-refractivity contribution in [1.29, 1.82) is 0 Å². The lowest BCUT2D eigenvalue weighted by Crippen LogP contribution is -2.14. The normalized spacial score (nSPS) is 15.6. The molecule has 128 valence electrons. The van der Waals surface area contributed by atoms with Crippen molar-refractivity contribution in [3.8, 4) is 11.1 Å². The van der Waals surface area contributed by atoms with Crippen LogP contribution in [0.3, 0.4) is 0 Å². The molecule has 0 saturated carbocycles. The molecule has 0 unspecified atom stereocenters. The Labute approximate surface area is 145 Å². The van der Waals surface area contributed by atoms with Gasteiger partial charge in [0, 0.05) is 25.0 Å². The topological polar surface area (TPSA) is 63.8 Å². The predicted molar refractivity (Wildman–Crippen MR) is 95.1 cm³/mol. The van der Waals surface area contributed by atoms with Gasteiger partial charge in [-0.1, -0.05) is 18.2 Å². The molecule has 0 aliphatic carbocycles. The number of hydrogen-bond acceptors (Lipinski definition) is 3. The molecular weight excluding hydrogens is 316 g/mol. The first kappa shape index (κ1) is 15.8. The van der Waals surface area contributed by atoms with Crippen LogP contribution < -0.4 is 0 Å². The van der Waals surface area contributed by atoms with Crippen LogP contribution in [0, 0.1) is 6.92 Å². The van der Waals surface area contributed by atoms with E-state index >= 15 is 0 Å². The minimum atomic E-state index is -0.898. The number of carboxylic acid groups (broad SMARTS) is 1. The number of ether oxygens (including phenoxy) is 1. The van der Waals surface area contributed by atoms with E-state index in [9.17, 15) is 9.90 Å². The molecule has 0 bridgehead atoms. The van der Waals surface area contributed by atoms with E-state index in [1.54, 1.807) is 6.07 Å². The fourth-order valence-electron chi connectivity index (χ4n) is 3.57. The molecule has 3 aromatic rings. The van der Waals surface area contributed by atoms with E-state index in [1.165, 1.54) is 5.56 Å². The maximum Gasteiger partial charge on any atom is 0.335 e. The average Bonchev–Trinajstić information content (AvgIpc) is 3.05. The first-order valence-corrected chi connectivity index (χ1v) is 8.53. The minimum absolute atomic E-state index is 0.335. The molecule has 5 nitrogen and oxygen atoms in total. The van der Waals surface area contributed by atoms with Crippen LogP contribution in [0.25, 0.3) is 16.6 Å². The van der Waals surface area contributed by atoms with Crippen molar-refractivity contribution in [2.45, 2.75) is 25.7 Å². The van der Waals surface area contributed by atoms with Crippen molar-refractivity contribution < 1.29 is 14.6 Å². The van der Waals surface area contributed by atoms with Gasteiger partial charge in [0.2, 0.25) is 0 Å². The standard InChI is InChI=1S/C20H20N2O3/c1-13-10-15(2-4-17(13)20(23)24)18-11-21-22-12-16(3-5-19(18)22)14-6-8-25-9-7-14/h2-5,10-12,14H,6-9H2,1H3,(H,23,24). The Balaban J connectivity index is 1.71. The largest absolute Gasteiger partial charge is 0.478 e. The van der Waals surface area contributed by atoms with Crippen LogP contribution in [0.2, 0.25) is 0 Å². The van der Waals surface area contributed by atoms with Crippen molar-refractivity contribution in [3.63, 3.8) is 0 Å². The van der Waals surface area contributed by atoms with Gasteiger partial charge in [-0.15, -0.1) is 0 Å². The number of carbonyl (C=O) groups is 1. The van der Waals surface area contributed by atoms with Gasteiger partial charge in [-0.25, -0.2) is 9.31 Å². The van der Waals surface area contributed by atoms with Gasteiger partial charge >= 0.3 is 5.97 Å². The number of carboxylic acids is 1. The van der Waals surface area contributed by atoms with Gasteiger partial charge in [0.1, 0.15) is 0 Å². The van der Waals surface area contributed by atoms with Crippen LogP contribution in [0.1, 0.15) is 40.2 Å². The Morgan fingerprint density at radius 1 is 1.24 bits per heavy atom. The van der Waals surface area contributed by atoms with Crippen LogP contribution in [0.4, 0.5) is 0 Å². The molecule has 0 spiro atoms. The van der Waals surface area contributed by atoms with Crippen LogP contribution in [-0.2, 0) is 4.74 Å². The molecule has 1 saturated heterocycles. The maximum absolute atomic E-state index is 11.2. The number of aromatic carboxylic acids is 1. The molecule has 5 heteroatoms. The molecule has 1 aromatic carbocycles. The molecule has 25 heavy (non-hydrogen) atoms. The molecule has 1 aliphatic rings. The lowest BCUT2D eigenvalue weighted by molar-refractivity contribution is 0.0696. The number of benzene rings is 1. The van der Waals surface area contributed by atoms with Gasteiger partial charge in [0.15, 0.2) is 0 Å². The number of aromatic nitrogens is 2. The molecule has 4 rings (SSSR count). The summed E-state index contributed by atoms with van der Waals surface area (Å²) in [7, 11) is 0. The number of hydrogen-bond donors (Lipinski definition) is 1. The summed E-state index contributed by atoms with van der Waals surface area (Å²) in [4.78, 5) is 11.2. The summed E-state index contributed by atoms with van der Waals surface area (Å²) >= 11 is 0. The Kier molecular flexibility index (Phi) is 4.01. The summed E-state index contributed by atoms with van der Waals surface area (Å²) in [6, 6.07) is 9.70. The summed E-state index contributed by atoms with van der Waals surface area (Å²) in [6.45, 7) is 3.46. The van der Waals surface area contributed by atoms with Gasteiger partial charge < -0.3 is 9.84 Å². The summed E-state index contributed by atoms with van der Waals surface area (Å²) < 4.78 is 7.36. The number of fused-ring (bicyclic) bond motifs is 1. The van der Waals surface area contributed by atoms with Gasteiger partial charge in [-0.05, 0) is 54.5 Å². The molecule has 0 radical (unpaired) electrons. The second kappa shape index (κ2) is 6.33. The van der Waals surface area contributed by atoms with Gasteiger partial charge in [0.05, 0.1) is 17.3 Å². The number of aryl methyl sites for hydroxylation is 1. The third kappa shape index (κ3) is 2.91. The fourth-order valence-corrected chi connectivity index (χ4v) is 3.57. The van der Waals surface area contributed by atoms with E-state index in [0.29, 0.717) is 11.5 Å². The molecule has 2 aromatic heterocycles. The summed E-state index contributed by atoms with van der Waals surface area (Å²) in [6.07, 6.45) is 6.05. The van der Waals surface area contributed by atoms with E-state index in [4.69, 9.17) is 4.74 Å². The smallest absolute Gasteiger partial charge is 0.335 e. The monoisotopic (exact) mass is 336 g/mol. The van der Waals surface area contributed by atoms with Crippen molar-refractivity contribution in [2.24, 2.45) is 0 Å². The minimum Gasteiger partial charge on any atom is -0.478 e. The lowest BCUT2D eigenvalue weighted by atomic mass is 9.93. The molecule has 0 amide bonds. The quantitative estimate of drug-likeness (QED) is 0.788. The molecule has 1 N–H and O–H groups in total. The highest BCUT2D eigenvalue weighted by Gasteiger charge is 2.17. The maximum atomic E-state index is 11.2. The highest BCUT2D eigenvalue weighted by atomic mass is 16.5. The van der Waals surface area contributed by atoms with Gasteiger partial charge in [0.25, 0.3) is 0 Å². The predicted octanol–water partition coefficient (Wildman–Crippen LogP) is 3.90. The molecule has 1 fully saturated rings. The summed E-state index contributed by atoms with van der Waals surface area (Å²) in [5.74, 6) is -0.368. The summed E-state index contributed by atoms with van der Waals surface area (Å²) in [5.41, 5.74) is 5.40. The third-order valence-electron chi connectivity index (χ3n) is 5.00. The zero-order valence-corrected chi connectivity index (χ0v) is 14.1. The summed E-state index contributed by atoms with van der Waals surface area (Å²) in [5, 5.41) is 13.7. The number of nitrogens with zero attached hydrogens (tertiary/aromatic N) is 2. The van der Waals surface area contributed by atoms with E-state index in [1.807, 2.05) is 29.8 Å². The third-order valence-corrected chi connectivity index (χ3v) is 5.00. The van der Waals surface area contributed by atoms with Crippen LogP contribution >= 0.6 is 0 Å². The van der Waals surface area contributed by atoms with Crippen LogP contribution in [-0.4, -0.2) is 33.9 Å². The molecule has 1 aliphatic heterocycles. The van der Waals surface area contributed by atoms with Gasteiger partial charge in [-0.3, -0.25) is 0 Å². The lowest BCUT2D eigenvalue weighted by Gasteiger charge is -2.22. The van der Waals surface area contributed by atoms with Gasteiger partial charge in [-0.2, -0.15) is 5.10 Å². The van der Waals surface area contributed by atoms with Crippen molar-refractivity contribution in [1.82, 2.24) is 9.61 Å². The second-order valence-electron chi connectivity index (χ2n) is 6.57. The Bertz CT molecular complexity index is 939. The van der Waals surface area contributed by atoms with E-state index < -0.39 is 5.97 Å². The van der Waals surface area contributed by atoms with E-state index in [2.05, 4.69) is 23.4 Å². The Hall–Kier alpha value is -2.66. The Morgan fingerprint density at radius 3 is 2.76 bits per heavy atom. The average molecular weight is 336 g/mol. The first-order chi connectivity index (χ1) is 12.1. The van der Waals surface area contributed by atoms with Crippen LogP contribution in [0.5, 0.6) is 0 Å². The molecule has 3 heterocycles. The van der Waals surface area contributed by atoms with E-state index in [-0.39, 0.29) is 0 Å².